The molecule has 2 nitrogen and oxygen atoms in total. The molecule has 0 aliphatic rings. The second-order valence-electron chi connectivity index (χ2n) is 4.20. The fourth-order valence-corrected chi connectivity index (χ4v) is 2.10. The number of hydrogen-bond donors (Lipinski definition) is 1. The van der Waals surface area contributed by atoms with Crippen LogP contribution >= 0.6 is 11.6 Å². The van der Waals surface area contributed by atoms with E-state index in [2.05, 4.69) is 5.32 Å². The van der Waals surface area contributed by atoms with Gasteiger partial charge >= 0.3 is 0 Å². The zero-order chi connectivity index (χ0) is 13.7. The summed E-state index contributed by atoms with van der Waals surface area (Å²) in [6.45, 7) is 1.28. The molecule has 0 bridgehead atoms. The summed E-state index contributed by atoms with van der Waals surface area (Å²) >= 11 is 6.04. The van der Waals surface area contributed by atoms with Crippen LogP contribution in [0, 0.1) is 5.82 Å². The molecule has 0 saturated heterocycles. The number of benzene rings is 2. The van der Waals surface area contributed by atoms with E-state index in [1.165, 1.54) is 12.1 Å². The lowest BCUT2D eigenvalue weighted by molar-refractivity contribution is 0.415. The van der Waals surface area contributed by atoms with Crippen molar-refractivity contribution in [3.63, 3.8) is 0 Å². The Morgan fingerprint density at radius 1 is 1.11 bits per heavy atom. The van der Waals surface area contributed by atoms with Gasteiger partial charge in [-0.05, 0) is 35.4 Å². The first kappa shape index (κ1) is 13.8. The molecule has 0 aromatic heterocycles. The van der Waals surface area contributed by atoms with Gasteiger partial charge in [0.2, 0.25) is 0 Å². The van der Waals surface area contributed by atoms with Crippen LogP contribution in [0.2, 0.25) is 5.02 Å². The maximum absolute atomic E-state index is 13.0. The SMILES string of the molecule is COc1ccc(CNCc2cccc(F)c2)cc1Cl. The van der Waals surface area contributed by atoms with Gasteiger partial charge in [-0.1, -0.05) is 29.8 Å². The van der Waals surface area contributed by atoms with Gasteiger partial charge in [0.15, 0.2) is 0 Å². The van der Waals surface area contributed by atoms with Gasteiger partial charge in [-0.2, -0.15) is 0 Å². The van der Waals surface area contributed by atoms with Crippen LogP contribution in [0.4, 0.5) is 4.39 Å². The fourth-order valence-electron chi connectivity index (χ4n) is 1.82. The number of halogens is 2. The summed E-state index contributed by atoms with van der Waals surface area (Å²) in [5.74, 6) is 0.447. The van der Waals surface area contributed by atoms with Gasteiger partial charge < -0.3 is 10.1 Å². The first-order valence-electron chi connectivity index (χ1n) is 5.96. The molecule has 2 rings (SSSR count). The highest BCUT2D eigenvalue weighted by Gasteiger charge is 2.02. The number of methoxy groups -OCH3 is 1. The van der Waals surface area contributed by atoms with Gasteiger partial charge in [0, 0.05) is 13.1 Å². The third-order valence-corrected chi connectivity index (χ3v) is 3.06. The molecule has 2 aromatic rings. The van der Waals surface area contributed by atoms with E-state index in [-0.39, 0.29) is 5.82 Å². The van der Waals surface area contributed by atoms with Crippen LogP contribution in [0.25, 0.3) is 0 Å². The predicted octanol–water partition coefficient (Wildman–Crippen LogP) is 3.78. The van der Waals surface area contributed by atoms with Crippen molar-refractivity contribution < 1.29 is 9.13 Å². The Morgan fingerprint density at radius 3 is 2.47 bits per heavy atom. The second-order valence-corrected chi connectivity index (χ2v) is 4.61. The smallest absolute Gasteiger partial charge is 0.137 e. The maximum atomic E-state index is 13.0. The Hall–Kier alpha value is -1.58. The number of hydrogen-bond acceptors (Lipinski definition) is 2. The minimum absolute atomic E-state index is 0.216. The number of ether oxygens (including phenoxy) is 1. The van der Waals surface area contributed by atoms with Crippen LogP contribution in [0.15, 0.2) is 42.5 Å². The summed E-state index contributed by atoms with van der Waals surface area (Å²) in [7, 11) is 1.59. The molecule has 0 atom stereocenters. The van der Waals surface area contributed by atoms with Gasteiger partial charge in [-0.25, -0.2) is 4.39 Å². The Morgan fingerprint density at radius 2 is 1.84 bits per heavy atom. The van der Waals surface area contributed by atoms with E-state index in [1.54, 1.807) is 13.2 Å². The average Bonchev–Trinajstić information content (AvgIpc) is 2.39. The van der Waals surface area contributed by atoms with Crippen LogP contribution in [-0.2, 0) is 13.1 Å². The van der Waals surface area contributed by atoms with Crippen molar-refractivity contribution in [3.05, 3.63) is 64.4 Å². The summed E-state index contributed by atoms with van der Waals surface area (Å²) in [5.41, 5.74) is 1.97. The van der Waals surface area contributed by atoms with Crippen molar-refractivity contribution in [1.29, 1.82) is 0 Å². The van der Waals surface area contributed by atoms with Crippen LogP contribution < -0.4 is 10.1 Å². The molecule has 0 spiro atoms. The van der Waals surface area contributed by atoms with Crippen LogP contribution in [-0.4, -0.2) is 7.11 Å². The highest BCUT2D eigenvalue weighted by atomic mass is 35.5. The standard InChI is InChI=1S/C15H15ClFNO/c1-19-15-6-5-12(8-14(15)16)10-18-9-11-3-2-4-13(17)7-11/h2-8,18H,9-10H2,1H3. The Labute approximate surface area is 117 Å². The van der Waals surface area contributed by atoms with E-state index in [4.69, 9.17) is 16.3 Å². The minimum atomic E-state index is -0.216. The first-order chi connectivity index (χ1) is 9.19. The molecule has 100 valence electrons. The van der Waals surface area contributed by atoms with Crippen LogP contribution in [0.3, 0.4) is 0 Å². The molecule has 0 heterocycles. The molecule has 0 aliphatic carbocycles. The van der Waals surface area contributed by atoms with Crippen molar-refractivity contribution >= 4 is 11.6 Å². The molecule has 19 heavy (non-hydrogen) atoms. The topological polar surface area (TPSA) is 21.3 Å². The fraction of sp³-hybridized carbons (Fsp3) is 0.200. The van der Waals surface area contributed by atoms with Crippen molar-refractivity contribution in [2.75, 3.05) is 7.11 Å². The summed E-state index contributed by atoms with van der Waals surface area (Å²) in [6.07, 6.45) is 0. The lowest BCUT2D eigenvalue weighted by Gasteiger charge is -2.08. The molecule has 0 aliphatic heterocycles. The lowest BCUT2D eigenvalue weighted by atomic mass is 10.2. The summed E-state index contributed by atoms with van der Waals surface area (Å²) < 4.78 is 18.1. The zero-order valence-electron chi connectivity index (χ0n) is 10.6. The largest absolute Gasteiger partial charge is 0.495 e. The highest BCUT2D eigenvalue weighted by molar-refractivity contribution is 6.32. The monoisotopic (exact) mass is 279 g/mol. The second kappa shape index (κ2) is 6.55. The molecule has 0 saturated carbocycles. The van der Waals surface area contributed by atoms with E-state index in [1.807, 2.05) is 24.3 Å². The predicted molar refractivity (Wildman–Crippen MR) is 74.9 cm³/mol. The first-order valence-corrected chi connectivity index (χ1v) is 6.34. The summed E-state index contributed by atoms with van der Waals surface area (Å²) in [5, 5.41) is 3.83. The molecule has 0 unspecified atom stereocenters. The van der Waals surface area contributed by atoms with Gasteiger partial charge in [0.1, 0.15) is 11.6 Å². The summed E-state index contributed by atoms with van der Waals surface area (Å²) in [4.78, 5) is 0. The lowest BCUT2D eigenvalue weighted by Crippen LogP contribution is -2.12. The molecule has 0 amide bonds. The third kappa shape index (κ3) is 3.94. The van der Waals surface area contributed by atoms with Gasteiger partial charge in [0.05, 0.1) is 12.1 Å². The third-order valence-electron chi connectivity index (χ3n) is 2.76. The van der Waals surface area contributed by atoms with Gasteiger partial charge in [-0.3, -0.25) is 0 Å². The Balaban J connectivity index is 1.90. The molecule has 0 fully saturated rings. The van der Waals surface area contributed by atoms with Crippen molar-refractivity contribution in [1.82, 2.24) is 5.32 Å². The van der Waals surface area contributed by atoms with Gasteiger partial charge in [0.25, 0.3) is 0 Å². The van der Waals surface area contributed by atoms with E-state index in [9.17, 15) is 4.39 Å². The quantitative estimate of drug-likeness (QED) is 0.899. The summed E-state index contributed by atoms with van der Waals surface area (Å²) in [6, 6.07) is 12.2. The van der Waals surface area contributed by atoms with Crippen LogP contribution in [0.1, 0.15) is 11.1 Å². The zero-order valence-corrected chi connectivity index (χ0v) is 11.4. The van der Waals surface area contributed by atoms with Crippen molar-refractivity contribution in [2.24, 2.45) is 0 Å². The van der Waals surface area contributed by atoms with Crippen molar-refractivity contribution in [2.45, 2.75) is 13.1 Å². The molecule has 2 aromatic carbocycles. The molecule has 1 N–H and O–H groups in total. The van der Waals surface area contributed by atoms with E-state index in [0.717, 1.165) is 11.1 Å². The van der Waals surface area contributed by atoms with Gasteiger partial charge in [-0.15, -0.1) is 0 Å². The number of nitrogens with one attached hydrogen (secondary N) is 1. The highest BCUT2D eigenvalue weighted by Crippen LogP contribution is 2.24. The molecular formula is C15H15ClFNO. The maximum Gasteiger partial charge on any atom is 0.137 e. The average molecular weight is 280 g/mol. The van der Waals surface area contributed by atoms with E-state index < -0.39 is 0 Å². The molecule has 0 radical (unpaired) electrons. The molecule has 4 heteroatoms. The van der Waals surface area contributed by atoms with E-state index in [0.29, 0.717) is 23.9 Å². The minimum Gasteiger partial charge on any atom is -0.495 e. The van der Waals surface area contributed by atoms with Crippen LogP contribution in [0.5, 0.6) is 5.75 Å². The normalized spacial score (nSPS) is 10.5. The van der Waals surface area contributed by atoms with Crippen molar-refractivity contribution in [3.8, 4) is 5.75 Å². The molecular weight excluding hydrogens is 265 g/mol. The Kier molecular flexibility index (Phi) is 4.77. The Bertz CT molecular complexity index is 560. The number of rotatable bonds is 5. The van der Waals surface area contributed by atoms with E-state index >= 15 is 0 Å².